The molecule has 0 bridgehead atoms. The van der Waals surface area contributed by atoms with Crippen LogP contribution in [0, 0.1) is 13.8 Å². The van der Waals surface area contributed by atoms with Crippen molar-refractivity contribution in [2.24, 2.45) is 5.73 Å². The summed E-state index contributed by atoms with van der Waals surface area (Å²) >= 11 is 0. The molecule has 7 heteroatoms. The van der Waals surface area contributed by atoms with E-state index in [1.807, 2.05) is 0 Å². The zero-order valence-corrected chi connectivity index (χ0v) is 15.2. The molecule has 0 aliphatic heterocycles. The lowest BCUT2D eigenvalue weighted by Gasteiger charge is -2.17. The predicted molar refractivity (Wildman–Crippen MR) is 100 cm³/mol. The molecule has 0 aliphatic rings. The van der Waals surface area contributed by atoms with Gasteiger partial charge < -0.3 is 19.9 Å². The number of nitrogens with zero attached hydrogens (tertiary/aromatic N) is 2. The molecule has 0 saturated heterocycles. The molecule has 0 saturated carbocycles. The molecule has 3 rings (SSSR count). The molecule has 7 nitrogen and oxygen atoms in total. The van der Waals surface area contributed by atoms with Crippen molar-refractivity contribution >= 4 is 17.5 Å². The van der Waals surface area contributed by atoms with Gasteiger partial charge in [-0.3, -0.25) is 9.59 Å². The Morgan fingerprint density at radius 1 is 0.963 bits per heavy atom. The normalized spacial score (nSPS) is 10.5. The third kappa shape index (κ3) is 3.82. The molecule has 138 valence electrons. The van der Waals surface area contributed by atoms with Crippen LogP contribution in [0.2, 0.25) is 0 Å². The van der Waals surface area contributed by atoms with E-state index in [2.05, 4.69) is 5.16 Å². The van der Waals surface area contributed by atoms with Gasteiger partial charge in [0.15, 0.2) is 5.76 Å². The van der Waals surface area contributed by atoms with E-state index in [4.69, 9.17) is 15.0 Å². The minimum Gasteiger partial charge on any atom is -0.457 e. The summed E-state index contributed by atoms with van der Waals surface area (Å²) in [6, 6.07) is 13.3. The van der Waals surface area contributed by atoms with E-state index in [0.29, 0.717) is 39.8 Å². The van der Waals surface area contributed by atoms with Crippen LogP contribution in [-0.2, 0) is 0 Å². The highest BCUT2D eigenvalue weighted by molar-refractivity contribution is 6.06. The van der Waals surface area contributed by atoms with Crippen LogP contribution in [0.4, 0.5) is 5.69 Å². The standard InChI is InChI=1S/C20H19N3O4/c1-12-18(13(2)27-22-12)23(3)20(25)15-6-10-17(11-7-15)26-16-8-4-14(5-9-16)19(21)24/h4-11H,1-3H3,(H2,21,24). The topological polar surface area (TPSA) is 98.7 Å². The highest BCUT2D eigenvalue weighted by Crippen LogP contribution is 2.26. The second kappa shape index (κ2) is 7.33. The van der Waals surface area contributed by atoms with Crippen LogP contribution >= 0.6 is 0 Å². The SMILES string of the molecule is Cc1noc(C)c1N(C)C(=O)c1ccc(Oc2ccc(C(N)=O)cc2)cc1. The van der Waals surface area contributed by atoms with Gasteiger partial charge >= 0.3 is 0 Å². The Morgan fingerprint density at radius 3 is 1.93 bits per heavy atom. The Balaban J connectivity index is 1.73. The smallest absolute Gasteiger partial charge is 0.258 e. The van der Waals surface area contributed by atoms with Crippen LogP contribution in [0.3, 0.4) is 0 Å². The van der Waals surface area contributed by atoms with E-state index in [-0.39, 0.29) is 5.91 Å². The van der Waals surface area contributed by atoms with Crippen molar-refractivity contribution in [3.8, 4) is 11.5 Å². The molecule has 1 heterocycles. The first-order valence-corrected chi connectivity index (χ1v) is 8.25. The molecule has 0 spiro atoms. The Bertz CT molecular complexity index is 956. The number of anilines is 1. The van der Waals surface area contributed by atoms with Crippen molar-refractivity contribution in [1.82, 2.24) is 5.16 Å². The molecule has 27 heavy (non-hydrogen) atoms. The fraction of sp³-hybridized carbons (Fsp3) is 0.150. The first kappa shape index (κ1) is 18.2. The molecule has 0 unspecified atom stereocenters. The molecule has 2 aromatic carbocycles. The second-order valence-corrected chi connectivity index (χ2v) is 6.05. The number of aromatic nitrogens is 1. The number of rotatable bonds is 5. The van der Waals surface area contributed by atoms with Crippen LogP contribution in [-0.4, -0.2) is 24.0 Å². The Kier molecular flexibility index (Phi) is 4.94. The van der Waals surface area contributed by atoms with E-state index >= 15 is 0 Å². The highest BCUT2D eigenvalue weighted by atomic mass is 16.5. The van der Waals surface area contributed by atoms with Gasteiger partial charge in [-0.05, 0) is 62.4 Å². The zero-order valence-electron chi connectivity index (χ0n) is 15.2. The lowest BCUT2D eigenvalue weighted by Crippen LogP contribution is -2.27. The van der Waals surface area contributed by atoms with Gasteiger partial charge in [0.2, 0.25) is 5.91 Å². The van der Waals surface area contributed by atoms with E-state index in [1.54, 1.807) is 69.4 Å². The molecule has 2 N–H and O–H groups in total. The third-order valence-electron chi connectivity index (χ3n) is 4.11. The summed E-state index contributed by atoms with van der Waals surface area (Å²) in [6.07, 6.45) is 0. The lowest BCUT2D eigenvalue weighted by atomic mass is 10.1. The fourth-order valence-corrected chi connectivity index (χ4v) is 2.74. The average Bonchev–Trinajstić information content (AvgIpc) is 3.00. The second-order valence-electron chi connectivity index (χ2n) is 6.05. The van der Waals surface area contributed by atoms with Crippen molar-refractivity contribution in [3.63, 3.8) is 0 Å². The first-order valence-electron chi connectivity index (χ1n) is 8.25. The molecule has 0 atom stereocenters. The van der Waals surface area contributed by atoms with E-state index in [0.717, 1.165) is 0 Å². The van der Waals surface area contributed by atoms with E-state index in [1.165, 1.54) is 4.90 Å². The summed E-state index contributed by atoms with van der Waals surface area (Å²) in [5.74, 6) is 1.04. The van der Waals surface area contributed by atoms with Crippen LogP contribution in [0.15, 0.2) is 53.1 Å². The van der Waals surface area contributed by atoms with Crippen molar-refractivity contribution in [2.75, 3.05) is 11.9 Å². The number of carbonyl (C=O) groups is 2. The number of hydrogen-bond donors (Lipinski definition) is 1. The first-order chi connectivity index (χ1) is 12.9. The van der Waals surface area contributed by atoms with Gasteiger partial charge in [-0.1, -0.05) is 5.16 Å². The van der Waals surface area contributed by atoms with Gasteiger partial charge in [0.05, 0.1) is 0 Å². The number of aryl methyl sites for hydroxylation is 2. The van der Waals surface area contributed by atoms with Crippen molar-refractivity contribution in [2.45, 2.75) is 13.8 Å². The van der Waals surface area contributed by atoms with Gasteiger partial charge in [0, 0.05) is 18.2 Å². The number of hydrogen-bond acceptors (Lipinski definition) is 5. The number of amides is 2. The summed E-state index contributed by atoms with van der Waals surface area (Å²) in [5, 5.41) is 3.87. The lowest BCUT2D eigenvalue weighted by molar-refractivity contribution is 0.0987. The Morgan fingerprint density at radius 2 is 1.48 bits per heavy atom. The number of primary amides is 1. The highest BCUT2D eigenvalue weighted by Gasteiger charge is 2.20. The largest absolute Gasteiger partial charge is 0.457 e. The molecule has 0 fully saturated rings. The molecule has 1 aromatic heterocycles. The molecule has 2 amide bonds. The number of nitrogens with two attached hydrogens (primary N) is 1. The van der Waals surface area contributed by atoms with Crippen molar-refractivity contribution in [3.05, 3.63) is 71.1 Å². The van der Waals surface area contributed by atoms with Crippen LogP contribution in [0.1, 0.15) is 32.2 Å². The van der Waals surface area contributed by atoms with E-state index in [9.17, 15) is 9.59 Å². The Hall–Kier alpha value is -3.61. The van der Waals surface area contributed by atoms with Gasteiger partial charge in [-0.15, -0.1) is 0 Å². The minimum atomic E-state index is -0.494. The summed E-state index contributed by atoms with van der Waals surface area (Å²) in [4.78, 5) is 25.3. The fourth-order valence-electron chi connectivity index (χ4n) is 2.74. The zero-order chi connectivity index (χ0) is 19.6. The molecule has 0 radical (unpaired) electrons. The van der Waals surface area contributed by atoms with Gasteiger partial charge in [-0.25, -0.2) is 0 Å². The van der Waals surface area contributed by atoms with Gasteiger partial charge in [-0.2, -0.15) is 0 Å². The number of benzene rings is 2. The van der Waals surface area contributed by atoms with Gasteiger partial charge in [0.1, 0.15) is 22.9 Å². The van der Waals surface area contributed by atoms with Crippen LogP contribution in [0.25, 0.3) is 0 Å². The third-order valence-corrected chi connectivity index (χ3v) is 4.11. The summed E-state index contributed by atoms with van der Waals surface area (Å²) < 4.78 is 10.8. The van der Waals surface area contributed by atoms with Gasteiger partial charge in [0.25, 0.3) is 5.91 Å². The maximum absolute atomic E-state index is 12.7. The van der Waals surface area contributed by atoms with Crippen molar-refractivity contribution in [1.29, 1.82) is 0 Å². The summed E-state index contributed by atoms with van der Waals surface area (Å²) in [6.45, 7) is 3.55. The summed E-state index contributed by atoms with van der Waals surface area (Å²) in [5.41, 5.74) is 7.45. The maximum atomic E-state index is 12.7. The summed E-state index contributed by atoms with van der Waals surface area (Å²) in [7, 11) is 1.68. The van der Waals surface area contributed by atoms with Crippen molar-refractivity contribution < 1.29 is 18.8 Å². The average molecular weight is 365 g/mol. The van der Waals surface area contributed by atoms with Crippen LogP contribution in [0.5, 0.6) is 11.5 Å². The number of ether oxygens (including phenoxy) is 1. The predicted octanol–water partition coefficient (Wildman–Crippen LogP) is 3.46. The quantitative estimate of drug-likeness (QED) is 0.746. The van der Waals surface area contributed by atoms with Crippen LogP contribution < -0.4 is 15.4 Å². The monoisotopic (exact) mass is 365 g/mol. The maximum Gasteiger partial charge on any atom is 0.258 e. The molecule has 3 aromatic rings. The minimum absolute atomic E-state index is 0.179. The molecular formula is C20H19N3O4. The molecular weight excluding hydrogens is 346 g/mol. The number of carbonyl (C=O) groups excluding carboxylic acids is 2. The molecule has 0 aliphatic carbocycles. The van der Waals surface area contributed by atoms with E-state index < -0.39 is 5.91 Å². The Labute approximate surface area is 156 Å².